The van der Waals surface area contributed by atoms with E-state index in [1.165, 1.54) is 12.1 Å². The molecular weight excluding hydrogens is 224 g/mol. The molecule has 0 heterocycles. The molecule has 0 saturated heterocycles. The third kappa shape index (κ3) is 4.06. The summed E-state index contributed by atoms with van der Waals surface area (Å²) in [6.45, 7) is 4.38. The van der Waals surface area contributed by atoms with Gasteiger partial charge in [-0.15, -0.1) is 0 Å². The Hall–Kier alpha value is -1.00. The van der Waals surface area contributed by atoms with Gasteiger partial charge in [0.2, 0.25) is 0 Å². The summed E-state index contributed by atoms with van der Waals surface area (Å²) in [6.07, 6.45) is -1.66. The van der Waals surface area contributed by atoms with Crippen LogP contribution in [0.5, 0.6) is 0 Å². The first-order chi connectivity index (χ1) is 8.00. The van der Waals surface area contributed by atoms with Crippen LogP contribution in [-0.2, 0) is 6.54 Å². The first-order valence-electron chi connectivity index (χ1n) is 5.73. The number of benzene rings is 1. The number of hydrogen-bond donors (Lipinski definition) is 2. The third-order valence-corrected chi connectivity index (χ3v) is 3.05. The number of hydrogen-bond acceptors (Lipinski definition) is 2. The molecule has 2 nitrogen and oxygen atoms in total. The average Bonchev–Trinajstić information content (AvgIpc) is 2.36. The maximum Gasteiger partial charge on any atom is 0.263 e. The number of aliphatic hydroxyl groups is 1. The number of aliphatic hydroxyl groups excluding tert-OH is 1. The molecule has 0 bridgehead atoms. The van der Waals surface area contributed by atoms with Crippen molar-refractivity contribution in [3.8, 4) is 0 Å². The Balaban J connectivity index is 2.66. The second kappa shape index (κ2) is 6.07. The van der Waals surface area contributed by atoms with E-state index in [2.05, 4.69) is 5.32 Å². The number of alkyl halides is 2. The number of halogens is 2. The van der Waals surface area contributed by atoms with E-state index in [-0.39, 0.29) is 17.7 Å². The van der Waals surface area contributed by atoms with Crippen LogP contribution in [0.4, 0.5) is 8.78 Å². The van der Waals surface area contributed by atoms with Crippen molar-refractivity contribution in [2.45, 2.75) is 38.8 Å². The molecule has 0 radical (unpaired) electrons. The Morgan fingerprint density at radius 2 is 2.12 bits per heavy atom. The summed E-state index contributed by atoms with van der Waals surface area (Å²) in [4.78, 5) is 0. The second-order valence-corrected chi connectivity index (χ2v) is 4.47. The lowest BCUT2D eigenvalue weighted by Gasteiger charge is -2.27. The summed E-state index contributed by atoms with van der Waals surface area (Å²) in [6, 6.07) is 6.33. The fraction of sp³-hybridized carbons (Fsp3) is 0.538. The minimum atomic E-state index is -2.44. The fourth-order valence-electron chi connectivity index (χ4n) is 1.45. The van der Waals surface area contributed by atoms with Crippen LogP contribution in [0.25, 0.3) is 0 Å². The molecular formula is C13H19F2NO. The molecule has 1 aromatic rings. The van der Waals surface area contributed by atoms with Gasteiger partial charge in [0.15, 0.2) is 0 Å². The lowest BCUT2D eigenvalue weighted by Crippen LogP contribution is -2.44. The minimum Gasteiger partial charge on any atom is -0.394 e. The van der Waals surface area contributed by atoms with Crippen molar-refractivity contribution in [1.29, 1.82) is 0 Å². The summed E-state index contributed by atoms with van der Waals surface area (Å²) in [5.74, 6) is 0. The molecule has 1 atom stereocenters. The largest absolute Gasteiger partial charge is 0.394 e. The standard InChI is InChI=1S/C13H19F2NO/c1-3-13(2,9-17)16-8-10-5-4-6-11(7-10)12(14)15/h4-7,12,16-17H,3,8-9H2,1-2H3. The summed E-state index contributed by atoms with van der Waals surface area (Å²) in [5.41, 5.74) is 0.475. The predicted octanol–water partition coefficient (Wildman–Crippen LogP) is 2.87. The SMILES string of the molecule is CCC(C)(CO)NCc1cccc(C(F)F)c1. The van der Waals surface area contributed by atoms with Crippen LogP contribution in [0.15, 0.2) is 24.3 Å². The Labute approximate surface area is 101 Å². The van der Waals surface area contributed by atoms with Crippen LogP contribution in [0, 0.1) is 0 Å². The molecule has 0 amide bonds. The second-order valence-electron chi connectivity index (χ2n) is 4.47. The smallest absolute Gasteiger partial charge is 0.263 e. The van der Waals surface area contributed by atoms with Crippen LogP contribution < -0.4 is 5.32 Å². The van der Waals surface area contributed by atoms with Gasteiger partial charge in [0.25, 0.3) is 6.43 Å². The Morgan fingerprint density at radius 3 is 2.65 bits per heavy atom. The first-order valence-corrected chi connectivity index (χ1v) is 5.73. The Morgan fingerprint density at radius 1 is 1.41 bits per heavy atom. The highest BCUT2D eigenvalue weighted by atomic mass is 19.3. The van der Waals surface area contributed by atoms with Crippen LogP contribution in [0.2, 0.25) is 0 Å². The zero-order valence-electron chi connectivity index (χ0n) is 10.2. The van der Waals surface area contributed by atoms with Gasteiger partial charge in [-0.1, -0.05) is 25.1 Å². The third-order valence-electron chi connectivity index (χ3n) is 3.05. The van der Waals surface area contributed by atoms with Gasteiger partial charge < -0.3 is 10.4 Å². The summed E-state index contributed by atoms with van der Waals surface area (Å²) in [5, 5.41) is 12.4. The van der Waals surface area contributed by atoms with Crippen LogP contribution >= 0.6 is 0 Å². The molecule has 2 N–H and O–H groups in total. The van der Waals surface area contributed by atoms with Crippen molar-refractivity contribution in [2.75, 3.05) is 6.61 Å². The van der Waals surface area contributed by atoms with Gasteiger partial charge >= 0.3 is 0 Å². The van der Waals surface area contributed by atoms with E-state index in [1.54, 1.807) is 12.1 Å². The molecule has 0 saturated carbocycles. The number of nitrogens with one attached hydrogen (secondary N) is 1. The van der Waals surface area contributed by atoms with Crippen LogP contribution in [-0.4, -0.2) is 17.3 Å². The Bertz CT molecular complexity index is 351. The van der Waals surface area contributed by atoms with E-state index in [9.17, 15) is 13.9 Å². The molecule has 4 heteroatoms. The minimum absolute atomic E-state index is 0.0258. The maximum atomic E-state index is 12.5. The first kappa shape index (κ1) is 14.1. The molecule has 0 aromatic heterocycles. The van der Waals surface area contributed by atoms with Gasteiger partial charge in [-0.05, 0) is 25.0 Å². The van der Waals surface area contributed by atoms with Crippen LogP contribution in [0.3, 0.4) is 0 Å². The van der Waals surface area contributed by atoms with E-state index in [0.29, 0.717) is 6.54 Å². The van der Waals surface area contributed by atoms with Gasteiger partial charge in [0, 0.05) is 17.6 Å². The van der Waals surface area contributed by atoms with Gasteiger partial charge in [-0.25, -0.2) is 8.78 Å². The lowest BCUT2D eigenvalue weighted by molar-refractivity contribution is 0.151. The maximum absolute atomic E-state index is 12.5. The van der Waals surface area contributed by atoms with Crippen molar-refractivity contribution in [3.63, 3.8) is 0 Å². The molecule has 17 heavy (non-hydrogen) atoms. The topological polar surface area (TPSA) is 32.3 Å². The average molecular weight is 243 g/mol. The molecule has 96 valence electrons. The monoisotopic (exact) mass is 243 g/mol. The highest BCUT2D eigenvalue weighted by Gasteiger charge is 2.19. The molecule has 0 aliphatic rings. The van der Waals surface area contributed by atoms with Crippen molar-refractivity contribution < 1.29 is 13.9 Å². The summed E-state index contributed by atoms with van der Waals surface area (Å²) < 4.78 is 25.0. The van der Waals surface area contributed by atoms with Crippen LogP contribution in [0.1, 0.15) is 37.8 Å². The molecule has 0 fully saturated rings. The van der Waals surface area contributed by atoms with E-state index in [1.807, 2.05) is 13.8 Å². The summed E-state index contributed by atoms with van der Waals surface area (Å²) in [7, 11) is 0. The molecule has 1 rings (SSSR count). The van der Waals surface area contributed by atoms with E-state index in [0.717, 1.165) is 12.0 Å². The molecule has 0 aliphatic heterocycles. The van der Waals surface area contributed by atoms with Crippen molar-refractivity contribution in [3.05, 3.63) is 35.4 Å². The van der Waals surface area contributed by atoms with E-state index < -0.39 is 6.43 Å². The van der Waals surface area contributed by atoms with Crippen molar-refractivity contribution in [2.24, 2.45) is 0 Å². The van der Waals surface area contributed by atoms with Crippen molar-refractivity contribution >= 4 is 0 Å². The normalized spacial score (nSPS) is 14.9. The molecule has 1 aromatic carbocycles. The van der Waals surface area contributed by atoms with E-state index >= 15 is 0 Å². The zero-order chi connectivity index (χ0) is 12.9. The number of rotatable bonds is 6. The quantitative estimate of drug-likeness (QED) is 0.805. The van der Waals surface area contributed by atoms with Gasteiger partial charge in [-0.2, -0.15) is 0 Å². The highest BCUT2D eigenvalue weighted by Crippen LogP contribution is 2.19. The Kier molecular flexibility index (Phi) is 5.02. The van der Waals surface area contributed by atoms with Gasteiger partial charge in [-0.3, -0.25) is 0 Å². The summed E-state index contributed by atoms with van der Waals surface area (Å²) >= 11 is 0. The lowest BCUT2D eigenvalue weighted by atomic mass is 9.99. The predicted molar refractivity (Wildman–Crippen MR) is 64.0 cm³/mol. The van der Waals surface area contributed by atoms with Gasteiger partial charge in [0.05, 0.1) is 6.61 Å². The van der Waals surface area contributed by atoms with Gasteiger partial charge in [0.1, 0.15) is 0 Å². The fourth-order valence-corrected chi connectivity index (χ4v) is 1.45. The molecule has 1 unspecified atom stereocenters. The highest BCUT2D eigenvalue weighted by molar-refractivity contribution is 5.24. The zero-order valence-corrected chi connectivity index (χ0v) is 10.2. The molecule has 0 aliphatic carbocycles. The van der Waals surface area contributed by atoms with Crippen molar-refractivity contribution in [1.82, 2.24) is 5.32 Å². The van der Waals surface area contributed by atoms with E-state index in [4.69, 9.17) is 0 Å². The molecule has 0 spiro atoms.